The van der Waals surface area contributed by atoms with Crippen LogP contribution in [0.3, 0.4) is 0 Å². The van der Waals surface area contributed by atoms with E-state index < -0.39 is 0 Å². The zero-order valence-electron chi connectivity index (χ0n) is 11.7. The van der Waals surface area contributed by atoms with Crippen molar-refractivity contribution in [2.45, 2.75) is 25.8 Å². The van der Waals surface area contributed by atoms with Crippen LogP contribution in [0.5, 0.6) is 0 Å². The third-order valence-corrected chi connectivity index (χ3v) is 4.10. The number of carbonyl (C=O) groups is 1. The number of hydrogen-bond acceptors (Lipinski definition) is 4. The van der Waals surface area contributed by atoms with E-state index >= 15 is 0 Å². The van der Waals surface area contributed by atoms with Crippen molar-refractivity contribution in [1.29, 1.82) is 0 Å². The predicted molar refractivity (Wildman–Crippen MR) is 80.1 cm³/mol. The largest absolute Gasteiger partial charge is 0.397 e. The van der Waals surface area contributed by atoms with E-state index in [1.807, 2.05) is 13.0 Å². The number of anilines is 1. The molecule has 1 aliphatic heterocycles. The van der Waals surface area contributed by atoms with Gasteiger partial charge < -0.3 is 15.2 Å². The van der Waals surface area contributed by atoms with E-state index in [0.717, 1.165) is 24.3 Å². The Balaban J connectivity index is 1.91. The number of likely N-dealkylation sites (tertiary alicyclic amines) is 1. The number of benzene rings is 1. The number of amides is 1. The van der Waals surface area contributed by atoms with Crippen molar-refractivity contribution in [2.24, 2.45) is 0 Å². The normalized spacial score (nSPS) is 18.2. The molecule has 3 rings (SSSR count). The molecule has 0 spiro atoms. The van der Waals surface area contributed by atoms with E-state index in [2.05, 4.69) is 5.16 Å². The van der Waals surface area contributed by atoms with Crippen LogP contribution in [0.4, 0.5) is 5.69 Å². The SMILES string of the molecule is Cc1cc(C2CCCN2C(=O)c2cccc(Cl)c2N)on1. The molecule has 6 heteroatoms. The standard InChI is InChI=1S/C15H16ClN3O2/c1-9-8-13(21-18-9)12-6-3-7-19(12)15(20)10-4-2-5-11(16)14(10)17/h2,4-5,8,12H,3,6-7,17H2,1H3. The van der Waals surface area contributed by atoms with E-state index in [-0.39, 0.29) is 11.9 Å². The maximum Gasteiger partial charge on any atom is 0.256 e. The number of nitrogens with two attached hydrogens (primary N) is 1. The molecular weight excluding hydrogens is 290 g/mol. The van der Waals surface area contributed by atoms with Crippen LogP contribution in [0, 0.1) is 6.92 Å². The Morgan fingerprint density at radius 3 is 3.05 bits per heavy atom. The topological polar surface area (TPSA) is 72.4 Å². The van der Waals surface area contributed by atoms with Crippen LogP contribution < -0.4 is 5.73 Å². The lowest BCUT2D eigenvalue weighted by molar-refractivity contribution is 0.0715. The van der Waals surface area contributed by atoms with Gasteiger partial charge >= 0.3 is 0 Å². The van der Waals surface area contributed by atoms with Gasteiger partial charge in [-0.15, -0.1) is 0 Å². The maximum absolute atomic E-state index is 12.7. The molecule has 110 valence electrons. The van der Waals surface area contributed by atoms with Crippen molar-refractivity contribution in [2.75, 3.05) is 12.3 Å². The van der Waals surface area contributed by atoms with Gasteiger partial charge in [0.15, 0.2) is 5.76 Å². The highest BCUT2D eigenvalue weighted by atomic mass is 35.5. The number of nitrogen functional groups attached to an aromatic ring is 1. The van der Waals surface area contributed by atoms with Gasteiger partial charge in [-0.2, -0.15) is 0 Å². The summed E-state index contributed by atoms with van der Waals surface area (Å²) in [5, 5.41) is 4.30. The van der Waals surface area contributed by atoms with Crippen LogP contribution in [0.2, 0.25) is 5.02 Å². The lowest BCUT2D eigenvalue weighted by Gasteiger charge is -2.23. The Bertz CT molecular complexity index is 683. The molecule has 1 amide bonds. The van der Waals surface area contributed by atoms with Gasteiger partial charge in [-0.25, -0.2) is 0 Å². The first-order valence-corrected chi connectivity index (χ1v) is 7.24. The Morgan fingerprint density at radius 2 is 2.33 bits per heavy atom. The summed E-state index contributed by atoms with van der Waals surface area (Å²) in [6.45, 7) is 2.54. The van der Waals surface area contributed by atoms with Gasteiger partial charge in [0.2, 0.25) is 0 Å². The van der Waals surface area contributed by atoms with E-state index in [4.69, 9.17) is 21.9 Å². The minimum Gasteiger partial charge on any atom is -0.397 e. The number of aromatic nitrogens is 1. The highest BCUT2D eigenvalue weighted by Crippen LogP contribution is 2.35. The lowest BCUT2D eigenvalue weighted by Crippen LogP contribution is -2.31. The molecular formula is C15H16ClN3O2. The third-order valence-electron chi connectivity index (χ3n) is 3.77. The molecule has 1 saturated heterocycles. The molecule has 5 nitrogen and oxygen atoms in total. The van der Waals surface area contributed by atoms with Crippen LogP contribution >= 0.6 is 11.6 Å². The second-order valence-corrected chi connectivity index (χ2v) is 5.64. The zero-order chi connectivity index (χ0) is 15.0. The molecule has 0 radical (unpaired) electrons. The molecule has 1 atom stereocenters. The first-order valence-electron chi connectivity index (χ1n) is 6.86. The average Bonchev–Trinajstić information content (AvgIpc) is 3.09. The number of nitrogens with zero attached hydrogens (tertiary/aromatic N) is 2. The van der Waals surface area contributed by atoms with E-state index in [0.29, 0.717) is 22.8 Å². The number of halogens is 1. The molecule has 1 fully saturated rings. The number of aryl methyl sites for hydroxylation is 1. The Morgan fingerprint density at radius 1 is 1.52 bits per heavy atom. The summed E-state index contributed by atoms with van der Waals surface area (Å²) in [6.07, 6.45) is 1.79. The van der Waals surface area contributed by atoms with Gasteiger partial charge in [-0.1, -0.05) is 22.8 Å². The first kappa shape index (κ1) is 13.9. The molecule has 0 saturated carbocycles. The van der Waals surface area contributed by atoms with E-state index in [1.54, 1.807) is 23.1 Å². The summed E-state index contributed by atoms with van der Waals surface area (Å²) in [5.41, 5.74) is 7.49. The molecule has 2 heterocycles. The van der Waals surface area contributed by atoms with Crippen molar-refractivity contribution in [1.82, 2.24) is 10.1 Å². The van der Waals surface area contributed by atoms with Crippen molar-refractivity contribution >= 4 is 23.2 Å². The third kappa shape index (κ3) is 2.49. The summed E-state index contributed by atoms with van der Waals surface area (Å²) >= 11 is 6.00. The molecule has 1 aromatic carbocycles. The minimum atomic E-state index is -0.119. The highest BCUT2D eigenvalue weighted by molar-refractivity contribution is 6.33. The Hall–Kier alpha value is -2.01. The molecule has 1 aliphatic rings. The quantitative estimate of drug-likeness (QED) is 0.865. The van der Waals surface area contributed by atoms with Gasteiger partial charge in [0.25, 0.3) is 5.91 Å². The maximum atomic E-state index is 12.7. The fourth-order valence-electron chi connectivity index (χ4n) is 2.72. The van der Waals surface area contributed by atoms with Gasteiger partial charge in [-0.05, 0) is 31.9 Å². The Kier molecular flexibility index (Phi) is 3.59. The summed E-state index contributed by atoms with van der Waals surface area (Å²) in [4.78, 5) is 14.5. The minimum absolute atomic E-state index is 0.0860. The highest BCUT2D eigenvalue weighted by Gasteiger charge is 2.33. The van der Waals surface area contributed by atoms with Gasteiger partial charge in [-0.3, -0.25) is 4.79 Å². The number of rotatable bonds is 2. The molecule has 2 N–H and O–H groups in total. The van der Waals surface area contributed by atoms with Crippen molar-refractivity contribution in [3.05, 3.63) is 46.3 Å². The van der Waals surface area contributed by atoms with Crippen LogP contribution in [-0.4, -0.2) is 22.5 Å². The monoisotopic (exact) mass is 305 g/mol. The predicted octanol–water partition coefficient (Wildman–Crippen LogP) is 3.20. The molecule has 1 unspecified atom stereocenters. The second kappa shape index (κ2) is 5.41. The molecule has 21 heavy (non-hydrogen) atoms. The Labute approximate surface area is 127 Å². The molecule has 0 aliphatic carbocycles. The van der Waals surface area contributed by atoms with E-state index in [9.17, 15) is 4.79 Å². The van der Waals surface area contributed by atoms with Crippen molar-refractivity contribution < 1.29 is 9.32 Å². The second-order valence-electron chi connectivity index (χ2n) is 5.23. The van der Waals surface area contributed by atoms with Gasteiger partial charge in [0, 0.05) is 12.6 Å². The lowest BCUT2D eigenvalue weighted by atomic mass is 10.1. The van der Waals surface area contributed by atoms with Crippen molar-refractivity contribution in [3.8, 4) is 0 Å². The molecule has 2 aromatic rings. The van der Waals surface area contributed by atoms with Crippen LogP contribution in [0.25, 0.3) is 0 Å². The van der Waals surface area contributed by atoms with Crippen LogP contribution in [-0.2, 0) is 0 Å². The summed E-state index contributed by atoms with van der Waals surface area (Å²) in [7, 11) is 0. The van der Waals surface area contributed by atoms with Crippen LogP contribution in [0.1, 0.15) is 40.7 Å². The zero-order valence-corrected chi connectivity index (χ0v) is 12.4. The fraction of sp³-hybridized carbons (Fsp3) is 0.333. The van der Waals surface area contributed by atoms with Gasteiger partial charge in [0.05, 0.1) is 28.0 Å². The van der Waals surface area contributed by atoms with E-state index in [1.165, 1.54) is 0 Å². The number of para-hydroxylation sites is 1. The smallest absolute Gasteiger partial charge is 0.256 e. The summed E-state index contributed by atoms with van der Waals surface area (Å²) in [6, 6.07) is 6.89. The summed E-state index contributed by atoms with van der Waals surface area (Å²) in [5.74, 6) is 0.602. The fourth-order valence-corrected chi connectivity index (χ4v) is 2.90. The molecule has 0 bridgehead atoms. The first-order chi connectivity index (χ1) is 10.1. The average molecular weight is 306 g/mol. The van der Waals surface area contributed by atoms with Crippen molar-refractivity contribution in [3.63, 3.8) is 0 Å². The van der Waals surface area contributed by atoms with Gasteiger partial charge in [0.1, 0.15) is 0 Å². The number of carbonyl (C=O) groups excluding carboxylic acids is 1. The molecule has 1 aromatic heterocycles. The number of hydrogen-bond donors (Lipinski definition) is 1. The summed E-state index contributed by atoms with van der Waals surface area (Å²) < 4.78 is 5.32. The van der Waals surface area contributed by atoms with Crippen LogP contribution in [0.15, 0.2) is 28.8 Å².